The van der Waals surface area contributed by atoms with Crippen molar-refractivity contribution in [3.8, 4) is 0 Å². The summed E-state index contributed by atoms with van der Waals surface area (Å²) in [7, 11) is 0. The average Bonchev–Trinajstić information content (AvgIpc) is 3.08. The third-order valence-corrected chi connectivity index (χ3v) is 6.93. The number of hydrogen-bond donors (Lipinski definition) is 2. The quantitative estimate of drug-likeness (QED) is 0.415. The maximum Gasteiger partial charge on any atom is 0.203 e. The molecule has 3 aromatic carbocycles. The molecule has 0 saturated carbocycles. The zero-order chi connectivity index (χ0) is 22.2. The molecule has 0 radical (unpaired) electrons. The molecule has 1 aromatic heterocycles. The van der Waals surface area contributed by atoms with Gasteiger partial charge in [0.2, 0.25) is 5.62 Å². The van der Waals surface area contributed by atoms with Crippen molar-refractivity contribution in [1.82, 2.24) is 9.13 Å². The van der Waals surface area contributed by atoms with Gasteiger partial charge in [0.05, 0.1) is 29.0 Å². The van der Waals surface area contributed by atoms with E-state index in [0.29, 0.717) is 12.2 Å². The number of fused-ring (bicyclic) bond motifs is 1. The van der Waals surface area contributed by atoms with Gasteiger partial charge in [-0.2, -0.15) is 0 Å². The molecule has 3 N–H and O–H groups in total. The molecule has 32 heavy (non-hydrogen) atoms. The number of imidazole rings is 1. The Morgan fingerprint density at radius 2 is 1.66 bits per heavy atom. The first-order chi connectivity index (χ1) is 15.5. The van der Waals surface area contributed by atoms with Gasteiger partial charge in [-0.1, -0.05) is 48.0 Å². The van der Waals surface area contributed by atoms with Gasteiger partial charge in [0.25, 0.3) is 0 Å². The molecule has 1 aliphatic heterocycles. The minimum absolute atomic E-state index is 0.280. The number of rotatable bonds is 4. The fraction of sp³-hybridized carbons (Fsp3) is 0.269. The van der Waals surface area contributed by atoms with Gasteiger partial charge in [0.1, 0.15) is 0 Å². The smallest absolute Gasteiger partial charge is 0.203 e. The predicted molar refractivity (Wildman–Crippen MR) is 132 cm³/mol. The Balaban J connectivity index is 1.47. The van der Waals surface area contributed by atoms with Crippen LogP contribution in [-0.2, 0) is 6.54 Å². The number of benzene rings is 3. The molecular formula is C26H28ClN5. The van der Waals surface area contributed by atoms with Gasteiger partial charge in [0.15, 0.2) is 0 Å². The van der Waals surface area contributed by atoms with Crippen molar-refractivity contribution in [3.63, 3.8) is 0 Å². The Labute approximate surface area is 193 Å². The van der Waals surface area contributed by atoms with Crippen molar-refractivity contribution < 1.29 is 0 Å². The molecule has 4 aromatic rings. The van der Waals surface area contributed by atoms with E-state index in [1.165, 1.54) is 5.56 Å². The molecule has 0 aliphatic carbocycles. The highest BCUT2D eigenvalue weighted by atomic mass is 35.5. The standard InChI is InChI=1S/C26H28ClN5/c1-18-10-11-22(28)25(16-18)30-14-12-20(13-15-30)32-24-9-5-4-8-23(24)31(26(32)29)17-19-6-2-3-7-21(19)27/h2-11,16,20,29H,12-15,17,28H2,1H3. The van der Waals surface area contributed by atoms with Crippen LogP contribution in [0.5, 0.6) is 0 Å². The number of nitrogens with one attached hydrogen (secondary N) is 1. The summed E-state index contributed by atoms with van der Waals surface area (Å²) in [6.45, 7) is 4.54. The van der Waals surface area contributed by atoms with Gasteiger partial charge >= 0.3 is 0 Å². The van der Waals surface area contributed by atoms with Crippen LogP contribution in [0.4, 0.5) is 11.4 Å². The molecule has 6 heteroatoms. The Bertz CT molecular complexity index is 1330. The second kappa shape index (κ2) is 8.40. The molecule has 1 fully saturated rings. The van der Waals surface area contributed by atoms with Crippen LogP contribution in [0, 0.1) is 12.3 Å². The Morgan fingerprint density at radius 3 is 2.41 bits per heavy atom. The number of nitrogen functional groups attached to an aromatic ring is 1. The first-order valence-corrected chi connectivity index (χ1v) is 11.5. The highest BCUT2D eigenvalue weighted by Gasteiger charge is 2.25. The van der Waals surface area contributed by atoms with Crippen LogP contribution < -0.4 is 16.3 Å². The molecule has 0 spiro atoms. The van der Waals surface area contributed by atoms with Gasteiger partial charge < -0.3 is 19.8 Å². The highest BCUT2D eigenvalue weighted by molar-refractivity contribution is 6.31. The maximum atomic E-state index is 9.06. The minimum atomic E-state index is 0.280. The summed E-state index contributed by atoms with van der Waals surface area (Å²) in [5, 5.41) is 9.79. The maximum absolute atomic E-state index is 9.06. The van der Waals surface area contributed by atoms with E-state index in [2.05, 4.69) is 51.3 Å². The Kier molecular flexibility index (Phi) is 5.43. The molecule has 2 heterocycles. The predicted octanol–water partition coefficient (Wildman–Crippen LogP) is 5.36. The van der Waals surface area contributed by atoms with Crippen molar-refractivity contribution in [2.24, 2.45) is 0 Å². The van der Waals surface area contributed by atoms with E-state index >= 15 is 0 Å². The van der Waals surface area contributed by atoms with Crippen LogP contribution in [0.2, 0.25) is 5.02 Å². The summed E-state index contributed by atoms with van der Waals surface area (Å²) in [6.07, 6.45) is 1.95. The zero-order valence-corrected chi connectivity index (χ0v) is 19.0. The summed E-state index contributed by atoms with van der Waals surface area (Å²) < 4.78 is 4.28. The third kappa shape index (κ3) is 3.67. The number of para-hydroxylation sites is 2. The Morgan fingerprint density at radius 1 is 0.969 bits per heavy atom. The van der Waals surface area contributed by atoms with E-state index in [1.807, 2.05) is 36.4 Å². The Hall–Kier alpha value is -3.18. The largest absolute Gasteiger partial charge is 0.397 e. The van der Waals surface area contributed by atoms with Gasteiger partial charge in [-0.05, 0) is 61.2 Å². The van der Waals surface area contributed by atoms with E-state index in [9.17, 15) is 0 Å². The number of nitrogens with two attached hydrogens (primary N) is 1. The van der Waals surface area contributed by atoms with Gasteiger partial charge in [-0.3, -0.25) is 5.41 Å². The summed E-state index contributed by atoms with van der Waals surface area (Å²) >= 11 is 6.43. The number of nitrogens with zero attached hydrogens (tertiary/aromatic N) is 3. The van der Waals surface area contributed by atoms with Crippen LogP contribution in [0.1, 0.15) is 30.0 Å². The number of piperidine rings is 1. The SMILES string of the molecule is Cc1ccc(N)c(N2CCC(n3c(=N)n(Cc4ccccc4Cl)c4ccccc43)CC2)c1. The molecule has 164 valence electrons. The lowest BCUT2D eigenvalue weighted by Gasteiger charge is -2.35. The van der Waals surface area contributed by atoms with Crippen LogP contribution in [0.15, 0.2) is 66.7 Å². The van der Waals surface area contributed by atoms with Gasteiger partial charge in [0, 0.05) is 24.2 Å². The molecular weight excluding hydrogens is 418 g/mol. The van der Waals surface area contributed by atoms with E-state index in [-0.39, 0.29) is 6.04 Å². The van der Waals surface area contributed by atoms with Crippen molar-refractivity contribution in [1.29, 1.82) is 5.41 Å². The number of aromatic nitrogens is 2. The van der Waals surface area contributed by atoms with E-state index < -0.39 is 0 Å². The first-order valence-electron chi connectivity index (χ1n) is 11.1. The average molecular weight is 446 g/mol. The minimum Gasteiger partial charge on any atom is -0.397 e. The van der Waals surface area contributed by atoms with Gasteiger partial charge in [-0.25, -0.2) is 0 Å². The first kappa shape index (κ1) is 20.7. The number of anilines is 2. The topological polar surface area (TPSA) is 63.0 Å². The van der Waals surface area contributed by atoms with Gasteiger partial charge in [-0.15, -0.1) is 0 Å². The molecule has 5 rings (SSSR count). The van der Waals surface area contributed by atoms with Crippen LogP contribution in [0.3, 0.4) is 0 Å². The summed E-state index contributed by atoms with van der Waals surface area (Å²) in [6, 6.07) is 22.7. The van der Waals surface area contributed by atoms with E-state index in [0.717, 1.165) is 58.9 Å². The molecule has 0 atom stereocenters. The fourth-order valence-corrected chi connectivity index (χ4v) is 5.07. The molecule has 1 aliphatic rings. The van der Waals surface area contributed by atoms with E-state index in [4.69, 9.17) is 22.7 Å². The van der Waals surface area contributed by atoms with Crippen molar-refractivity contribution in [2.75, 3.05) is 23.7 Å². The normalized spacial score (nSPS) is 14.9. The van der Waals surface area contributed by atoms with Crippen molar-refractivity contribution >= 4 is 34.0 Å². The summed E-state index contributed by atoms with van der Waals surface area (Å²) in [4.78, 5) is 2.38. The number of hydrogen-bond acceptors (Lipinski definition) is 3. The second-order valence-electron chi connectivity index (χ2n) is 8.64. The van der Waals surface area contributed by atoms with Crippen molar-refractivity contribution in [2.45, 2.75) is 32.4 Å². The lowest BCUT2D eigenvalue weighted by Crippen LogP contribution is -2.38. The monoisotopic (exact) mass is 445 g/mol. The molecule has 0 unspecified atom stereocenters. The zero-order valence-electron chi connectivity index (χ0n) is 18.3. The fourth-order valence-electron chi connectivity index (χ4n) is 4.87. The second-order valence-corrected chi connectivity index (χ2v) is 9.05. The molecule has 0 bridgehead atoms. The van der Waals surface area contributed by atoms with Crippen molar-refractivity contribution in [3.05, 3.63) is 88.5 Å². The lowest BCUT2D eigenvalue weighted by atomic mass is 10.0. The lowest BCUT2D eigenvalue weighted by molar-refractivity contribution is 0.387. The third-order valence-electron chi connectivity index (χ3n) is 6.56. The molecule has 1 saturated heterocycles. The van der Waals surface area contributed by atoms with E-state index in [1.54, 1.807) is 0 Å². The number of aryl methyl sites for hydroxylation is 1. The van der Waals surface area contributed by atoms with Crippen LogP contribution >= 0.6 is 11.6 Å². The van der Waals surface area contributed by atoms with Crippen LogP contribution in [0.25, 0.3) is 11.0 Å². The molecule has 0 amide bonds. The number of halogens is 1. The summed E-state index contributed by atoms with van der Waals surface area (Å²) in [5.74, 6) is 0. The highest BCUT2D eigenvalue weighted by Crippen LogP contribution is 2.32. The summed E-state index contributed by atoms with van der Waals surface area (Å²) in [5.41, 5.74) is 13.2. The van der Waals surface area contributed by atoms with Crippen LogP contribution in [-0.4, -0.2) is 22.2 Å². The molecule has 5 nitrogen and oxygen atoms in total.